The number of carbonyl (C=O) groups is 2. The molecule has 0 fully saturated rings. The zero-order valence-electron chi connectivity index (χ0n) is 15.0. The number of benzene rings is 1. The summed E-state index contributed by atoms with van der Waals surface area (Å²) < 4.78 is 0. The van der Waals surface area contributed by atoms with Crippen molar-refractivity contribution in [2.45, 2.75) is 40.5 Å². The third-order valence-electron chi connectivity index (χ3n) is 4.27. The van der Waals surface area contributed by atoms with Crippen LogP contribution in [-0.2, 0) is 16.0 Å². The Morgan fingerprint density at radius 3 is 2.80 bits per heavy atom. The van der Waals surface area contributed by atoms with E-state index in [9.17, 15) is 9.59 Å². The zero-order valence-corrected chi connectivity index (χ0v) is 15.9. The van der Waals surface area contributed by atoms with E-state index in [0.29, 0.717) is 17.5 Å². The maximum Gasteiger partial charge on any atom is 0.226 e. The number of nitrogens with zero attached hydrogens (tertiary/aromatic N) is 2. The molecule has 6 heteroatoms. The van der Waals surface area contributed by atoms with Crippen molar-refractivity contribution in [3.63, 3.8) is 0 Å². The van der Waals surface area contributed by atoms with E-state index in [1.165, 1.54) is 16.9 Å². The first-order valence-corrected chi connectivity index (χ1v) is 9.35. The molecule has 1 aromatic carbocycles. The van der Waals surface area contributed by atoms with E-state index in [1.807, 2.05) is 37.8 Å². The fourth-order valence-electron chi connectivity index (χ4n) is 3.13. The molecule has 5 nitrogen and oxygen atoms in total. The Labute approximate surface area is 152 Å². The molecule has 25 heavy (non-hydrogen) atoms. The van der Waals surface area contributed by atoms with E-state index < -0.39 is 0 Å². The Hall–Kier alpha value is -2.21. The minimum atomic E-state index is 0.00125. The van der Waals surface area contributed by atoms with Crippen molar-refractivity contribution in [1.29, 1.82) is 0 Å². The van der Waals surface area contributed by atoms with Gasteiger partial charge in [-0.2, -0.15) is 0 Å². The number of nitrogens with one attached hydrogen (secondary N) is 1. The number of rotatable bonds is 4. The predicted octanol–water partition coefficient (Wildman–Crippen LogP) is 4.01. The molecule has 1 aromatic heterocycles. The number of thiazole rings is 1. The first-order chi connectivity index (χ1) is 11.8. The van der Waals surface area contributed by atoms with Crippen molar-refractivity contribution >= 4 is 34.0 Å². The van der Waals surface area contributed by atoms with Crippen LogP contribution in [0.4, 0.5) is 10.8 Å². The monoisotopic (exact) mass is 357 g/mol. The topological polar surface area (TPSA) is 62.3 Å². The lowest BCUT2D eigenvalue weighted by Gasteiger charge is -2.14. The van der Waals surface area contributed by atoms with Gasteiger partial charge in [0.05, 0.1) is 5.69 Å². The summed E-state index contributed by atoms with van der Waals surface area (Å²) in [6, 6.07) is 6.11. The van der Waals surface area contributed by atoms with Gasteiger partial charge in [-0.3, -0.25) is 9.59 Å². The highest BCUT2D eigenvalue weighted by Gasteiger charge is 2.23. The molecule has 0 saturated heterocycles. The second kappa shape index (κ2) is 6.96. The standard InChI is InChI=1S/C19H23N3O2S/c1-11(2)9-17(24)20-19-21-18(12(3)25-19)15-5-6-16-14(10-15)7-8-22(16)13(4)23/h5-6,10-11H,7-9H2,1-4H3,(H,20,21,24). The lowest BCUT2D eigenvalue weighted by Crippen LogP contribution is -2.25. The van der Waals surface area contributed by atoms with Crippen LogP contribution in [0.1, 0.15) is 37.6 Å². The molecule has 0 aliphatic carbocycles. The van der Waals surface area contributed by atoms with Gasteiger partial charge in [0, 0.05) is 36.0 Å². The van der Waals surface area contributed by atoms with Crippen LogP contribution in [0.2, 0.25) is 0 Å². The van der Waals surface area contributed by atoms with Crippen molar-refractivity contribution in [2.75, 3.05) is 16.8 Å². The lowest BCUT2D eigenvalue weighted by molar-refractivity contribution is -0.117. The number of hydrogen-bond donors (Lipinski definition) is 1. The van der Waals surface area contributed by atoms with Gasteiger partial charge in [-0.1, -0.05) is 19.9 Å². The van der Waals surface area contributed by atoms with Gasteiger partial charge in [-0.15, -0.1) is 11.3 Å². The molecule has 1 aliphatic heterocycles. The van der Waals surface area contributed by atoms with Crippen molar-refractivity contribution in [2.24, 2.45) is 5.92 Å². The average molecular weight is 357 g/mol. The van der Waals surface area contributed by atoms with Crippen LogP contribution in [0.5, 0.6) is 0 Å². The van der Waals surface area contributed by atoms with Gasteiger partial charge in [0.15, 0.2) is 5.13 Å². The zero-order chi connectivity index (χ0) is 18.1. The van der Waals surface area contributed by atoms with E-state index >= 15 is 0 Å². The number of amides is 2. The van der Waals surface area contributed by atoms with Gasteiger partial charge >= 0.3 is 0 Å². The minimum absolute atomic E-state index is 0.00125. The third-order valence-corrected chi connectivity index (χ3v) is 5.15. The molecular formula is C19H23N3O2S. The summed E-state index contributed by atoms with van der Waals surface area (Å²) in [5.41, 5.74) is 4.09. The molecule has 0 radical (unpaired) electrons. The summed E-state index contributed by atoms with van der Waals surface area (Å²) >= 11 is 1.50. The molecule has 0 bridgehead atoms. The van der Waals surface area contributed by atoms with Crippen LogP contribution < -0.4 is 10.2 Å². The second-order valence-electron chi connectivity index (χ2n) is 6.83. The summed E-state index contributed by atoms with van der Waals surface area (Å²) in [5, 5.41) is 3.54. The van der Waals surface area contributed by atoms with E-state index in [1.54, 1.807) is 6.92 Å². The average Bonchev–Trinajstić information content (AvgIpc) is 3.09. The number of anilines is 2. The summed E-state index contributed by atoms with van der Waals surface area (Å²) in [7, 11) is 0. The fourth-order valence-corrected chi connectivity index (χ4v) is 3.99. The molecule has 2 heterocycles. The Morgan fingerprint density at radius 2 is 2.12 bits per heavy atom. The number of aryl methyl sites for hydroxylation is 1. The first-order valence-electron chi connectivity index (χ1n) is 8.54. The van der Waals surface area contributed by atoms with Gasteiger partial charge in [-0.25, -0.2) is 4.98 Å². The van der Waals surface area contributed by atoms with E-state index in [4.69, 9.17) is 0 Å². The highest BCUT2D eigenvalue weighted by molar-refractivity contribution is 7.16. The summed E-state index contributed by atoms with van der Waals surface area (Å²) in [4.78, 5) is 31.1. The number of fused-ring (bicyclic) bond motifs is 1. The maximum atomic E-state index is 12.0. The van der Waals surface area contributed by atoms with Crippen molar-refractivity contribution in [3.8, 4) is 11.3 Å². The largest absolute Gasteiger partial charge is 0.312 e. The summed E-state index contributed by atoms with van der Waals surface area (Å²) in [5.74, 6) is 0.398. The van der Waals surface area contributed by atoms with E-state index in [-0.39, 0.29) is 11.8 Å². The van der Waals surface area contributed by atoms with Gasteiger partial charge < -0.3 is 10.2 Å². The predicted molar refractivity (Wildman–Crippen MR) is 102 cm³/mol. The quantitative estimate of drug-likeness (QED) is 0.899. The molecule has 0 saturated carbocycles. The molecule has 0 spiro atoms. The number of carbonyl (C=O) groups excluding carboxylic acids is 2. The highest BCUT2D eigenvalue weighted by Crippen LogP contribution is 2.35. The summed E-state index contributed by atoms with van der Waals surface area (Å²) in [6.45, 7) is 8.39. The van der Waals surface area contributed by atoms with Gasteiger partial charge in [0.25, 0.3) is 0 Å². The molecule has 2 amide bonds. The molecule has 3 rings (SSSR count). The molecule has 1 N–H and O–H groups in total. The van der Waals surface area contributed by atoms with Crippen LogP contribution in [0, 0.1) is 12.8 Å². The van der Waals surface area contributed by atoms with Crippen molar-refractivity contribution in [1.82, 2.24) is 4.98 Å². The van der Waals surface area contributed by atoms with E-state index in [0.717, 1.165) is 34.8 Å². The molecule has 2 aromatic rings. The van der Waals surface area contributed by atoms with Gasteiger partial charge in [-0.05, 0) is 37.0 Å². The molecule has 1 aliphatic rings. The molecule has 0 atom stereocenters. The van der Waals surface area contributed by atoms with Crippen LogP contribution in [0.3, 0.4) is 0 Å². The third kappa shape index (κ3) is 3.74. The van der Waals surface area contributed by atoms with Crippen molar-refractivity contribution in [3.05, 3.63) is 28.6 Å². The molecular weight excluding hydrogens is 334 g/mol. The van der Waals surface area contributed by atoms with Crippen LogP contribution >= 0.6 is 11.3 Å². The van der Waals surface area contributed by atoms with Crippen LogP contribution in [0.25, 0.3) is 11.3 Å². The van der Waals surface area contributed by atoms with Gasteiger partial charge in [0.2, 0.25) is 11.8 Å². The maximum absolute atomic E-state index is 12.0. The minimum Gasteiger partial charge on any atom is -0.312 e. The molecule has 0 unspecified atom stereocenters. The van der Waals surface area contributed by atoms with Crippen LogP contribution in [0.15, 0.2) is 18.2 Å². The summed E-state index contributed by atoms with van der Waals surface area (Å²) in [6.07, 6.45) is 1.36. The normalized spacial score (nSPS) is 13.2. The highest BCUT2D eigenvalue weighted by atomic mass is 32.1. The van der Waals surface area contributed by atoms with E-state index in [2.05, 4.69) is 16.4 Å². The second-order valence-corrected chi connectivity index (χ2v) is 8.04. The Morgan fingerprint density at radius 1 is 1.36 bits per heavy atom. The first kappa shape index (κ1) is 17.6. The number of aromatic nitrogens is 1. The Balaban J connectivity index is 1.83. The van der Waals surface area contributed by atoms with Crippen LogP contribution in [-0.4, -0.2) is 23.3 Å². The number of hydrogen-bond acceptors (Lipinski definition) is 4. The van der Waals surface area contributed by atoms with Crippen molar-refractivity contribution < 1.29 is 9.59 Å². The smallest absolute Gasteiger partial charge is 0.226 e. The SMILES string of the molecule is CC(=O)N1CCc2cc(-c3nc(NC(=O)CC(C)C)sc3C)ccc21. The lowest BCUT2D eigenvalue weighted by atomic mass is 10.1. The Kier molecular flexibility index (Phi) is 4.90. The Bertz CT molecular complexity index is 826. The fraction of sp³-hybridized carbons (Fsp3) is 0.421. The molecule has 132 valence electrons. The van der Waals surface area contributed by atoms with Gasteiger partial charge in [0.1, 0.15) is 0 Å².